The number of allylic oxidation sites excluding steroid dienone is 2. The standard InChI is InChI=1S/C23H39N3O3/c1-6-17(4)13-18(15-27)8-7-9-19-14-26-22(28)20(19)10-11-25-23(29)21(24-5)12-16(2)3/h6,15-16,18-21,24H,1,4,7-14H2,2-3,5H3,(H,25,29)(H,26,28). The van der Waals surface area contributed by atoms with Crippen molar-refractivity contribution < 1.29 is 14.4 Å². The summed E-state index contributed by atoms with van der Waals surface area (Å²) in [5, 5.41) is 8.98. The molecule has 164 valence electrons. The zero-order valence-corrected chi connectivity index (χ0v) is 18.3. The molecule has 0 aromatic heterocycles. The van der Waals surface area contributed by atoms with E-state index >= 15 is 0 Å². The van der Waals surface area contributed by atoms with Crippen LogP contribution in [-0.4, -0.2) is 44.3 Å². The lowest BCUT2D eigenvalue weighted by atomic mass is 9.86. The predicted molar refractivity (Wildman–Crippen MR) is 117 cm³/mol. The molecule has 1 aliphatic rings. The molecule has 6 nitrogen and oxygen atoms in total. The fraction of sp³-hybridized carbons (Fsp3) is 0.696. The van der Waals surface area contributed by atoms with Gasteiger partial charge in [0.05, 0.1) is 6.04 Å². The average molecular weight is 406 g/mol. The smallest absolute Gasteiger partial charge is 0.237 e. The van der Waals surface area contributed by atoms with Gasteiger partial charge in [0, 0.05) is 24.9 Å². The van der Waals surface area contributed by atoms with Crippen LogP contribution in [-0.2, 0) is 14.4 Å². The van der Waals surface area contributed by atoms with Gasteiger partial charge >= 0.3 is 0 Å². The van der Waals surface area contributed by atoms with Crippen LogP contribution in [0.25, 0.3) is 0 Å². The van der Waals surface area contributed by atoms with Crippen LogP contribution >= 0.6 is 0 Å². The molecule has 0 radical (unpaired) electrons. The van der Waals surface area contributed by atoms with Gasteiger partial charge in [0.1, 0.15) is 6.29 Å². The Hall–Kier alpha value is -1.95. The molecule has 29 heavy (non-hydrogen) atoms. The van der Waals surface area contributed by atoms with E-state index in [1.54, 1.807) is 13.1 Å². The van der Waals surface area contributed by atoms with Crippen molar-refractivity contribution in [2.45, 2.75) is 58.4 Å². The Morgan fingerprint density at radius 2 is 2.07 bits per heavy atom. The highest BCUT2D eigenvalue weighted by atomic mass is 16.2. The molecule has 0 aliphatic carbocycles. The Kier molecular flexibility index (Phi) is 11.5. The van der Waals surface area contributed by atoms with Crippen molar-refractivity contribution in [1.82, 2.24) is 16.0 Å². The number of aldehydes is 1. The van der Waals surface area contributed by atoms with Crippen LogP contribution in [0.3, 0.4) is 0 Å². The van der Waals surface area contributed by atoms with E-state index < -0.39 is 0 Å². The molecule has 1 aliphatic heterocycles. The van der Waals surface area contributed by atoms with E-state index in [0.717, 1.165) is 37.5 Å². The van der Waals surface area contributed by atoms with E-state index in [1.165, 1.54) is 0 Å². The number of rotatable bonds is 15. The van der Waals surface area contributed by atoms with E-state index in [9.17, 15) is 14.4 Å². The third kappa shape index (κ3) is 8.94. The lowest BCUT2D eigenvalue weighted by molar-refractivity contribution is -0.125. The Morgan fingerprint density at radius 1 is 1.34 bits per heavy atom. The van der Waals surface area contributed by atoms with Gasteiger partial charge in [-0.15, -0.1) is 0 Å². The highest BCUT2D eigenvalue weighted by Gasteiger charge is 2.34. The van der Waals surface area contributed by atoms with Crippen LogP contribution in [0.2, 0.25) is 0 Å². The summed E-state index contributed by atoms with van der Waals surface area (Å²) < 4.78 is 0. The van der Waals surface area contributed by atoms with Crippen LogP contribution in [0.1, 0.15) is 52.4 Å². The zero-order chi connectivity index (χ0) is 21.8. The minimum absolute atomic E-state index is 0.00701. The molecule has 0 saturated carbocycles. The van der Waals surface area contributed by atoms with Gasteiger partial charge in [-0.2, -0.15) is 0 Å². The van der Waals surface area contributed by atoms with Crippen molar-refractivity contribution in [2.75, 3.05) is 20.1 Å². The number of amides is 2. The third-order valence-electron chi connectivity index (χ3n) is 5.73. The summed E-state index contributed by atoms with van der Waals surface area (Å²) in [5.41, 5.74) is 0.880. The van der Waals surface area contributed by atoms with Gasteiger partial charge in [-0.1, -0.05) is 45.1 Å². The quantitative estimate of drug-likeness (QED) is 0.289. The van der Waals surface area contributed by atoms with Crippen molar-refractivity contribution >= 4 is 18.1 Å². The maximum absolute atomic E-state index is 12.3. The summed E-state index contributed by atoms with van der Waals surface area (Å²) in [7, 11) is 1.80. The molecular weight excluding hydrogens is 366 g/mol. The Labute approximate surface area is 176 Å². The number of hydrogen-bond donors (Lipinski definition) is 3. The van der Waals surface area contributed by atoms with Crippen molar-refractivity contribution in [3.8, 4) is 0 Å². The van der Waals surface area contributed by atoms with Crippen LogP contribution in [0, 0.1) is 23.7 Å². The molecule has 2 amide bonds. The van der Waals surface area contributed by atoms with Crippen molar-refractivity contribution in [2.24, 2.45) is 23.7 Å². The molecule has 1 heterocycles. The first-order valence-corrected chi connectivity index (χ1v) is 10.8. The largest absolute Gasteiger partial charge is 0.356 e. The van der Waals surface area contributed by atoms with Gasteiger partial charge in [-0.25, -0.2) is 0 Å². The second-order valence-corrected chi connectivity index (χ2v) is 8.56. The highest BCUT2D eigenvalue weighted by molar-refractivity contribution is 5.82. The molecule has 3 N–H and O–H groups in total. The lowest BCUT2D eigenvalue weighted by Crippen LogP contribution is -2.44. The molecule has 0 aromatic rings. The van der Waals surface area contributed by atoms with Gasteiger partial charge < -0.3 is 20.7 Å². The summed E-state index contributed by atoms with van der Waals surface area (Å²) in [6.07, 6.45) is 7.35. The van der Waals surface area contributed by atoms with Crippen LogP contribution in [0.15, 0.2) is 24.8 Å². The molecule has 4 atom stereocenters. The van der Waals surface area contributed by atoms with Gasteiger partial charge in [0.15, 0.2) is 0 Å². The van der Waals surface area contributed by atoms with Gasteiger partial charge in [-0.3, -0.25) is 9.59 Å². The maximum atomic E-state index is 12.3. The lowest BCUT2D eigenvalue weighted by Gasteiger charge is -2.20. The SMILES string of the molecule is C=CC(=C)CC(C=O)CCCC1CNC(=O)C1CCNC(=O)C(CC(C)C)NC. The number of likely N-dealkylation sites (N-methyl/N-ethyl adjacent to an activating group) is 1. The van der Waals surface area contributed by atoms with Crippen LogP contribution in [0.5, 0.6) is 0 Å². The summed E-state index contributed by atoms with van der Waals surface area (Å²) >= 11 is 0. The zero-order valence-electron chi connectivity index (χ0n) is 18.3. The fourth-order valence-electron chi connectivity index (χ4n) is 3.97. The Morgan fingerprint density at radius 3 is 2.66 bits per heavy atom. The topological polar surface area (TPSA) is 87.3 Å². The van der Waals surface area contributed by atoms with E-state index in [2.05, 4.69) is 43.0 Å². The molecule has 4 unspecified atom stereocenters. The first-order valence-electron chi connectivity index (χ1n) is 10.8. The van der Waals surface area contributed by atoms with Crippen molar-refractivity contribution in [3.05, 3.63) is 24.8 Å². The second-order valence-electron chi connectivity index (χ2n) is 8.56. The van der Waals surface area contributed by atoms with Gasteiger partial charge in [0.2, 0.25) is 11.8 Å². The molecular formula is C23H39N3O3. The number of nitrogens with one attached hydrogen (secondary N) is 3. The monoisotopic (exact) mass is 405 g/mol. The molecule has 1 rings (SSSR count). The van der Waals surface area contributed by atoms with E-state index in [4.69, 9.17) is 0 Å². The molecule has 1 saturated heterocycles. The second kappa shape index (κ2) is 13.3. The Balaban J connectivity index is 2.43. The van der Waals surface area contributed by atoms with Crippen LogP contribution < -0.4 is 16.0 Å². The summed E-state index contributed by atoms with van der Waals surface area (Å²) in [6, 6.07) is -0.200. The summed E-state index contributed by atoms with van der Waals surface area (Å²) in [4.78, 5) is 35.8. The first kappa shape index (κ1) is 25.1. The fourth-order valence-corrected chi connectivity index (χ4v) is 3.97. The molecule has 1 fully saturated rings. The molecule has 6 heteroatoms. The average Bonchev–Trinajstić information content (AvgIpc) is 3.04. The molecule has 0 bridgehead atoms. The van der Waals surface area contributed by atoms with E-state index in [0.29, 0.717) is 31.8 Å². The predicted octanol–water partition coefficient (Wildman–Crippen LogP) is 2.61. The summed E-state index contributed by atoms with van der Waals surface area (Å²) in [5.74, 6) is 0.636. The normalized spacial score (nSPS) is 20.8. The van der Waals surface area contributed by atoms with Crippen LogP contribution in [0.4, 0.5) is 0 Å². The van der Waals surface area contributed by atoms with E-state index in [-0.39, 0.29) is 35.6 Å². The highest BCUT2D eigenvalue weighted by Crippen LogP contribution is 2.27. The van der Waals surface area contributed by atoms with Crippen molar-refractivity contribution in [3.63, 3.8) is 0 Å². The Bertz CT molecular complexity index is 574. The van der Waals surface area contributed by atoms with E-state index in [1.807, 2.05) is 0 Å². The number of carbonyl (C=O) groups is 3. The van der Waals surface area contributed by atoms with Gasteiger partial charge in [0.25, 0.3) is 0 Å². The van der Waals surface area contributed by atoms with Crippen molar-refractivity contribution in [1.29, 1.82) is 0 Å². The number of hydrogen-bond acceptors (Lipinski definition) is 4. The number of carbonyl (C=O) groups excluding carboxylic acids is 3. The molecule has 0 aromatic carbocycles. The minimum Gasteiger partial charge on any atom is -0.356 e. The summed E-state index contributed by atoms with van der Waals surface area (Å²) in [6.45, 7) is 12.9. The minimum atomic E-state index is -0.200. The van der Waals surface area contributed by atoms with Gasteiger partial charge in [-0.05, 0) is 51.0 Å². The molecule has 0 spiro atoms. The first-order chi connectivity index (χ1) is 13.8. The maximum Gasteiger partial charge on any atom is 0.237 e. The third-order valence-corrected chi connectivity index (χ3v) is 5.73.